The van der Waals surface area contributed by atoms with Crippen molar-refractivity contribution in [2.75, 3.05) is 12.0 Å². The molecule has 0 aliphatic rings. The molecule has 3 aromatic rings. The highest BCUT2D eigenvalue weighted by molar-refractivity contribution is 6.05. The Morgan fingerprint density at radius 2 is 2.04 bits per heavy atom. The molecule has 23 heavy (non-hydrogen) atoms. The van der Waals surface area contributed by atoms with Gasteiger partial charge in [-0.3, -0.25) is 9.78 Å². The van der Waals surface area contributed by atoms with Crippen LogP contribution in [0, 0.1) is 0 Å². The number of benzene rings is 1. The standard InChI is InChI=1S/C17H17N3O3/c1-11(2)20(17(21)15-9-16(22-3)19-23-15)13-8-12-6-4-5-7-14(12)18-10-13/h4-11H,1-3H3. The summed E-state index contributed by atoms with van der Waals surface area (Å²) in [7, 11) is 1.47. The fourth-order valence-electron chi connectivity index (χ4n) is 2.42. The zero-order valence-corrected chi connectivity index (χ0v) is 13.2. The van der Waals surface area contributed by atoms with Crippen molar-refractivity contribution in [2.24, 2.45) is 0 Å². The molecule has 1 aromatic carbocycles. The van der Waals surface area contributed by atoms with Crippen LogP contribution in [0.3, 0.4) is 0 Å². The molecule has 0 saturated heterocycles. The Hall–Kier alpha value is -2.89. The summed E-state index contributed by atoms with van der Waals surface area (Å²) >= 11 is 0. The van der Waals surface area contributed by atoms with Gasteiger partial charge in [-0.15, -0.1) is 0 Å². The van der Waals surface area contributed by atoms with E-state index in [2.05, 4.69) is 10.1 Å². The van der Waals surface area contributed by atoms with E-state index in [0.717, 1.165) is 10.9 Å². The Labute approximate surface area is 133 Å². The average molecular weight is 311 g/mol. The van der Waals surface area contributed by atoms with Gasteiger partial charge in [0.2, 0.25) is 5.76 Å². The van der Waals surface area contributed by atoms with Crippen LogP contribution in [0.1, 0.15) is 24.4 Å². The number of ether oxygens (including phenoxy) is 1. The maximum atomic E-state index is 12.8. The van der Waals surface area contributed by atoms with Gasteiger partial charge in [0.05, 0.1) is 30.6 Å². The molecule has 0 aliphatic carbocycles. The predicted molar refractivity (Wildman–Crippen MR) is 86.7 cm³/mol. The number of carbonyl (C=O) groups is 1. The Bertz CT molecular complexity index is 842. The van der Waals surface area contributed by atoms with E-state index < -0.39 is 0 Å². The predicted octanol–water partition coefficient (Wildman–Crippen LogP) is 3.29. The topological polar surface area (TPSA) is 68.5 Å². The van der Waals surface area contributed by atoms with Crippen LogP contribution in [-0.4, -0.2) is 29.2 Å². The second-order valence-electron chi connectivity index (χ2n) is 5.39. The third-order valence-electron chi connectivity index (χ3n) is 3.50. The monoisotopic (exact) mass is 311 g/mol. The zero-order chi connectivity index (χ0) is 16.4. The molecule has 0 aliphatic heterocycles. The molecule has 2 heterocycles. The van der Waals surface area contributed by atoms with E-state index >= 15 is 0 Å². The summed E-state index contributed by atoms with van der Waals surface area (Å²) in [5.74, 6) is 0.116. The summed E-state index contributed by atoms with van der Waals surface area (Å²) < 4.78 is 10.0. The van der Waals surface area contributed by atoms with Crippen LogP contribution in [0.4, 0.5) is 5.69 Å². The number of anilines is 1. The lowest BCUT2D eigenvalue weighted by atomic mass is 10.2. The lowest BCUT2D eigenvalue weighted by Gasteiger charge is -2.25. The smallest absolute Gasteiger partial charge is 0.297 e. The van der Waals surface area contributed by atoms with Gasteiger partial charge in [0.25, 0.3) is 11.8 Å². The van der Waals surface area contributed by atoms with Crippen molar-refractivity contribution in [3.63, 3.8) is 0 Å². The molecule has 2 aromatic heterocycles. The van der Waals surface area contributed by atoms with Crippen LogP contribution in [-0.2, 0) is 0 Å². The molecule has 0 unspecified atom stereocenters. The van der Waals surface area contributed by atoms with E-state index in [1.54, 1.807) is 11.1 Å². The van der Waals surface area contributed by atoms with Crippen molar-refractivity contribution in [3.05, 3.63) is 48.4 Å². The third-order valence-corrected chi connectivity index (χ3v) is 3.50. The number of hydrogen-bond donors (Lipinski definition) is 0. The fourth-order valence-corrected chi connectivity index (χ4v) is 2.42. The van der Waals surface area contributed by atoms with Crippen LogP contribution in [0.5, 0.6) is 5.88 Å². The number of hydrogen-bond acceptors (Lipinski definition) is 5. The Kier molecular flexibility index (Phi) is 3.97. The van der Waals surface area contributed by atoms with Crippen molar-refractivity contribution in [2.45, 2.75) is 19.9 Å². The summed E-state index contributed by atoms with van der Waals surface area (Å²) in [4.78, 5) is 18.8. The minimum atomic E-state index is -0.284. The van der Waals surface area contributed by atoms with Crippen molar-refractivity contribution < 1.29 is 14.1 Å². The van der Waals surface area contributed by atoms with Crippen LogP contribution < -0.4 is 9.64 Å². The number of aromatic nitrogens is 2. The molecule has 6 nitrogen and oxygen atoms in total. The number of carbonyl (C=O) groups excluding carboxylic acids is 1. The van der Waals surface area contributed by atoms with Crippen molar-refractivity contribution >= 4 is 22.5 Å². The number of nitrogens with zero attached hydrogens (tertiary/aromatic N) is 3. The second-order valence-corrected chi connectivity index (χ2v) is 5.39. The average Bonchev–Trinajstić information content (AvgIpc) is 3.03. The fraction of sp³-hybridized carbons (Fsp3) is 0.235. The lowest BCUT2D eigenvalue weighted by molar-refractivity contribution is 0.0944. The first-order valence-corrected chi connectivity index (χ1v) is 7.29. The summed E-state index contributed by atoms with van der Waals surface area (Å²) in [5, 5.41) is 4.65. The first-order chi connectivity index (χ1) is 11.1. The first-order valence-electron chi connectivity index (χ1n) is 7.29. The van der Waals surface area contributed by atoms with E-state index in [0.29, 0.717) is 5.69 Å². The van der Waals surface area contributed by atoms with E-state index in [1.165, 1.54) is 13.2 Å². The molecule has 118 valence electrons. The van der Waals surface area contributed by atoms with E-state index in [1.807, 2.05) is 44.2 Å². The lowest BCUT2D eigenvalue weighted by Crippen LogP contribution is -2.36. The minimum Gasteiger partial charge on any atom is -0.479 e. The number of methoxy groups -OCH3 is 1. The van der Waals surface area contributed by atoms with Crippen molar-refractivity contribution in [1.82, 2.24) is 10.1 Å². The normalized spacial score (nSPS) is 11.0. The molecule has 1 amide bonds. The highest BCUT2D eigenvalue weighted by atomic mass is 16.5. The maximum absolute atomic E-state index is 12.8. The molecule has 0 bridgehead atoms. The van der Waals surface area contributed by atoms with Gasteiger partial charge in [-0.2, -0.15) is 0 Å². The molecule has 3 rings (SSSR count). The number of rotatable bonds is 4. The van der Waals surface area contributed by atoms with Crippen LogP contribution in [0.2, 0.25) is 0 Å². The molecule has 0 N–H and O–H groups in total. The number of para-hydroxylation sites is 1. The van der Waals surface area contributed by atoms with E-state index in [4.69, 9.17) is 9.26 Å². The molecule has 0 radical (unpaired) electrons. The van der Waals surface area contributed by atoms with Gasteiger partial charge in [-0.05, 0) is 31.1 Å². The number of pyridine rings is 1. The summed E-state index contributed by atoms with van der Waals surface area (Å²) in [6.45, 7) is 3.86. The minimum absolute atomic E-state index is 0.0680. The van der Waals surface area contributed by atoms with Crippen LogP contribution >= 0.6 is 0 Å². The highest BCUT2D eigenvalue weighted by Gasteiger charge is 2.25. The third kappa shape index (κ3) is 2.88. The zero-order valence-electron chi connectivity index (χ0n) is 13.2. The van der Waals surface area contributed by atoms with Crippen LogP contribution in [0.25, 0.3) is 10.9 Å². The van der Waals surface area contributed by atoms with Crippen molar-refractivity contribution in [3.8, 4) is 5.88 Å². The largest absolute Gasteiger partial charge is 0.479 e. The van der Waals surface area contributed by atoms with E-state index in [-0.39, 0.29) is 23.6 Å². The first kappa shape index (κ1) is 15.0. The molecule has 0 fully saturated rings. The molecular weight excluding hydrogens is 294 g/mol. The molecule has 0 spiro atoms. The Balaban J connectivity index is 2.01. The van der Waals surface area contributed by atoms with Gasteiger partial charge < -0.3 is 14.2 Å². The van der Waals surface area contributed by atoms with Gasteiger partial charge in [0.1, 0.15) is 0 Å². The molecular formula is C17H17N3O3. The van der Waals surface area contributed by atoms with Gasteiger partial charge in [0, 0.05) is 11.4 Å². The maximum Gasteiger partial charge on any atom is 0.297 e. The number of fused-ring (bicyclic) bond motifs is 1. The number of amides is 1. The molecule has 6 heteroatoms. The highest BCUT2D eigenvalue weighted by Crippen LogP contribution is 2.24. The van der Waals surface area contributed by atoms with Crippen LogP contribution in [0.15, 0.2) is 47.1 Å². The molecule has 0 atom stereocenters. The van der Waals surface area contributed by atoms with Gasteiger partial charge in [-0.1, -0.05) is 18.2 Å². The second kappa shape index (κ2) is 6.08. The Morgan fingerprint density at radius 3 is 2.74 bits per heavy atom. The summed E-state index contributed by atoms with van der Waals surface area (Å²) in [6, 6.07) is 11.1. The molecule has 0 saturated carbocycles. The Morgan fingerprint density at radius 1 is 1.26 bits per heavy atom. The SMILES string of the molecule is COc1cc(C(=O)N(c2cnc3ccccc3c2)C(C)C)on1. The van der Waals surface area contributed by atoms with Crippen molar-refractivity contribution in [1.29, 1.82) is 0 Å². The quantitative estimate of drug-likeness (QED) is 0.739. The van der Waals surface area contributed by atoms with E-state index in [9.17, 15) is 4.79 Å². The van der Waals surface area contributed by atoms with Gasteiger partial charge >= 0.3 is 0 Å². The van der Waals surface area contributed by atoms with Gasteiger partial charge in [0.15, 0.2) is 0 Å². The summed E-state index contributed by atoms with van der Waals surface area (Å²) in [5.41, 5.74) is 1.59. The van der Waals surface area contributed by atoms with Gasteiger partial charge in [-0.25, -0.2) is 0 Å². The summed E-state index contributed by atoms with van der Waals surface area (Å²) in [6.07, 6.45) is 1.69.